The highest BCUT2D eigenvalue weighted by Crippen LogP contribution is 2.15. The molecule has 0 aromatic rings. The summed E-state index contributed by atoms with van der Waals surface area (Å²) in [4.78, 5) is 11.9. The number of aliphatic hydroxyl groups is 1. The minimum Gasteiger partial charge on any atom is -0.495 e. The maximum Gasteiger partial charge on any atom is 0.262 e. The Balaban J connectivity index is 2.65. The molecule has 1 amide bonds. The summed E-state index contributed by atoms with van der Waals surface area (Å²) < 4.78 is 4.99. The smallest absolute Gasteiger partial charge is 0.262 e. The predicted molar refractivity (Wildman–Crippen MR) is 38.3 cm³/mol. The largest absolute Gasteiger partial charge is 0.495 e. The van der Waals surface area contributed by atoms with Crippen LogP contribution in [0.5, 0.6) is 0 Å². The molecular formula is C7H10NO3. The van der Waals surface area contributed by atoms with Gasteiger partial charge in [0.05, 0.1) is 0 Å². The second-order valence-corrected chi connectivity index (χ2v) is 2.17. The van der Waals surface area contributed by atoms with E-state index in [0.29, 0.717) is 6.61 Å². The Morgan fingerprint density at radius 2 is 2.55 bits per heavy atom. The SMILES string of the molecule is [CH2]N1C(=O)C(OCC)C=C1O. The van der Waals surface area contributed by atoms with Crippen LogP contribution in [0.1, 0.15) is 6.92 Å². The van der Waals surface area contributed by atoms with E-state index in [2.05, 4.69) is 7.05 Å². The maximum absolute atomic E-state index is 11.0. The first-order valence-corrected chi connectivity index (χ1v) is 3.33. The summed E-state index contributed by atoms with van der Waals surface area (Å²) in [7, 11) is 3.32. The zero-order valence-corrected chi connectivity index (χ0v) is 6.28. The summed E-state index contributed by atoms with van der Waals surface area (Å²) in [6.07, 6.45) is 0.677. The Morgan fingerprint density at radius 1 is 1.91 bits per heavy atom. The fourth-order valence-electron chi connectivity index (χ4n) is 0.862. The molecule has 61 valence electrons. The van der Waals surface area contributed by atoms with Crippen molar-refractivity contribution in [3.8, 4) is 0 Å². The zero-order valence-electron chi connectivity index (χ0n) is 6.28. The topological polar surface area (TPSA) is 49.8 Å². The molecule has 0 aromatic heterocycles. The molecule has 1 heterocycles. The highest BCUT2D eigenvalue weighted by atomic mass is 16.5. The third-order valence-corrected chi connectivity index (χ3v) is 1.43. The molecule has 0 aromatic carbocycles. The van der Waals surface area contributed by atoms with Gasteiger partial charge in [-0.15, -0.1) is 0 Å². The van der Waals surface area contributed by atoms with Gasteiger partial charge in [-0.3, -0.25) is 9.69 Å². The Hall–Kier alpha value is -1.03. The fraction of sp³-hybridized carbons (Fsp3) is 0.429. The van der Waals surface area contributed by atoms with E-state index in [1.165, 1.54) is 6.08 Å². The van der Waals surface area contributed by atoms with E-state index < -0.39 is 6.10 Å². The molecule has 1 aliphatic rings. The molecule has 0 aliphatic carbocycles. The number of nitrogens with zero attached hydrogens (tertiary/aromatic N) is 1. The lowest BCUT2D eigenvalue weighted by Crippen LogP contribution is -2.27. The third kappa shape index (κ3) is 1.35. The van der Waals surface area contributed by atoms with Crippen molar-refractivity contribution in [1.82, 2.24) is 4.90 Å². The average Bonchev–Trinajstić information content (AvgIpc) is 2.19. The van der Waals surface area contributed by atoms with Crippen LogP contribution in [0.2, 0.25) is 0 Å². The Kier molecular flexibility index (Phi) is 2.14. The molecule has 4 heteroatoms. The molecule has 0 saturated carbocycles. The fourth-order valence-corrected chi connectivity index (χ4v) is 0.862. The Bertz CT molecular complexity index is 200. The number of aliphatic hydroxyl groups excluding tert-OH is 1. The summed E-state index contributed by atoms with van der Waals surface area (Å²) in [5, 5.41) is 8.99. The lowest BCUT2D eigenvalue weighted by atomic mass is 10.4. The van der Waals surface area contributed by atoms with Gasteiger partial charge in [-0.25, -0.2) is 0 Å². The van der Waals surface area contributed by atoms with Crippen molar-refractivity contribution in [2.24, 2.45) is 0 Å². The summed E-state index contributed by atoms with van der Waals surface area (Å²) >= 11 is 0. The third-order valence-electron chi connectivity index (χ3n) is 1.43. The second-order valence-electron chi connectivity index (χ2n) is 2.17. The summed E-state index contributed by atoms with van der Waals surface area (Å²) in [6, 6.07) is 0. The minimum absolute atomic E-state index is 0.145. The van der Waals surface area contributed by atoms with Crippen molar-refractivity contribution >= 4 is 5.91 Å². The van der Waals surface area contributed by atoms with Crippen LogP contribution in [-0.2, 0) is 9.53 Å². The highest BCUT2D eigenvalue weighted by Gasteiger charge is 2.30. The second kappa shape index (κ2) is 2.92. The van der Waals surface area contributed by atoms with Gasteiger partial charge in [-0.2, -0.15) is 0 Å². The normalized spacial score (nSPS) is 24.2. The molecule has 0 saturated heterocycles. The van der Waals surface area contributed by atoms with E-state index in [9.17, 15) is 4.79 Å². The first kappa shape index (κ1) is 8.07. The van der Waals surface area contributed by atoms with Crippen LogP contribution < -0.4 is 0 Å². The van der Waals surface area contributed by atoms with Crippen LogP contribution in [0.3, 0.4) is 0 Å². The molecule has 0 fully saturated rings. The van der Waals surface area contributed by atoms with E-state index >= 15 is 0 Å². The van der Waals surface area contributed by atoms with E-state index in [-0.39, 0.29) is 11.8 Å². The highest BCUT2D eigenvalue weighted by molar-refractivity contribution is 5.87. The summed E-state index contributed by atoms with van der Waals surface area (Å²) in [5.41, 5.74) is 0. The quantitative estimate of drug-likeness (QED) is 0.630. The molecule has 1 aliphatic heterocycles. The van der Waals surface area contributed by atoms with Gasteiger partial charge in [-0.1, -0.05) is 0 Å². The Labute approximate surface area is 65.1 Å². The van der Waals surface area contributed by atoms with Gasteiger partial charge < -0.3 is 9.84 Å². The molecule has 0 spiro atoms. The van der Waals surface area contributed by atoms with Gasteiger partial charge in [-0.05, 0) is 6.92 Å². The van der Waals surface area contributed by atoms with Crippen LogP contribution >= 0.6 is 0 Å². The monoisotopic (exact) mass is 156 g/mol. The Morgan fingerprint density at radius 3 is 2.91 bits per heavy atom. The van der Waals surface area contributed by atoms with Crippen LogP contribution in [0.25, 0.3) is 0 Å². The number of carbonyl (C=O) groups excluding carboxylic acids is 1. The lowest BCUT2D eigenvalue weighted by molar-refractivity contribution is -0.135. The van der Waals surface area contributed by atoms with E-state index in [1.54, 1.807) is 6.92 Å². The van der Waals surface area contributed by atoms with Crippen molar-refractivity contribution in [1.29, 1.82) is 0 Å². The van der Waals surface area contributed by atoms with Crippen LogP contribution in [-0.4, -0.2) is 28.6 Å². The molecule has 1 atom stereocenters. The molecule has 1 rings (SSSR count). The molecule has 11 heavy (non-hydrogen) atoms. The molecule has 4 nitrogen and oxygen atoms in total. The number of amides is 1. The van der Waals surface area contributed by atoms with Gasteiger partial charge in [0, 0.05) is 19.7 Å². The van der Waals surface area contributed by atoms with E-state index in [1.807, 2.05) is 0 Å². The van der Waals surface area contributed by atoms with Crippen molar-refractivity contribution in [3.63, 3.8) is 0 Å². The number of carbonyl (C=O) groups is 1. The van der Waals surface area contributed by atoms with Gasteiger partial charge in [0.1, 0.15) is 0 Å². The first-order valence-electron chi connectivity index (χ1n) is 3.33. The van der Waals surface area contributed by atoms with Gasteiger partial charge in [0.15, 0.2) is 12.0 Å². The predicted octanol–water partition coefficient (Wildman–Crippen LogP) is 0.425. The van der Waals surface area contributed by atoms with Crippen LogP contribution in [0.4, 0.5) is 0 Å². The number of hydrogen-bond acceptors (Lipinski definition) is 3. The van der Waals surface area contributed by atoms with Crippen molar-refractivity contribution in [2.45, 2.75) is 13.0 Å². The molecule has 1 radical (unpaired) electrons. The van der Waals surface area contributed by atoms with Gasteiger partial charge in [0.2, 0.25) is 0 Å². The van der Waals surface area contributed by atoms with Crippen molar-refractivity contribution in [2.75, 3.05) is 6.61 Å². The number of ether oxygens (including phenoxy) is 1. The van der Waals surface area contributed by atoms with Gasteiger partial charge >= 0.3 is 0 Å². The molecule has 1 unspecified atom stereocenters. The van der Waals surface area contributed by atoms with Crippen molar-refractivity contribution < 1.29 is 14.6 Å². The number of rotatable bonds is 2. The molecule has 1 N–H and O–H groups in total. The maximum atomic E-state index is 11.0. The summed E-state index contributed by atoms with van der Waals surface area (Å²) in [5.74, 6) is -0.474. The van der Waals surface area contributed by atoms with Gasteiger partial charge in [0.25, 0.3) is 5.91 Å². The average molecular weight is 156 g/mol. The lowest BCUT2D eigenvalue weighted by Gasteiger charge is -2.10. The molecule has 0 bridgehead atoms. The minimum atomic E-state index is -0.655. The zero-order chi connectivity index (χ0) is 8.43. The van der Waals surface area contributed by atoms with Crippen LogP contribution in [0, 0.1) is 7.05 Å². The van der Waals surface area contributed by atoms with Crippen LogP contribution in [0.15, 0.2) is 12.0 Å². The van der Waals surface area contributed by atoms with E-state index in [4.69, 9.17) is 9.84 Å². The standard InChI is InChI=1S/C7H10NO3/c1-3-11-5-4-6(9)8(2)7(5)10/h4-5,9H,2-3H2,1H3. The number of hydrogen-bond donors (Lipinski definition) is 1. The first-order chi connectivity index (χ1) is 5.16. The van der Waals surface area contributed by atoms with E-state index in [0.717, 1.165) is 4.90 Å². The van der Waals surface area contributed by atoms with Crippen molar-refractivity contribution in [3.05, 3.63) is 19.0 Å². The molecular weight excluding hydrogens is 146 g/mol. The summed E-state index contributed by atoms with van der Waals surface area (Å²) in [6.45, 7) is 2.22.